The first-order valence-electron chi connectivity index (χ1n) is 19.1. The lowest BCUT2D eigenvalue weighted by atomic mass is 9.96. The van der Waals surface area contributed by atoms with Crippen molar-refractivity contribution >= 4 is 76.2 Å². The van der Waals surface area contributed by atoms with Crippen LogP contribution in [-0.2, 0) is 0 Å². The second kappa shape index (κ2) is 12.0. The monoisotopic (exact) mass is 712 g/mol. The van der Waals surface area contributed by atoms with Crippen LogP contribution in [0.5, 0.6) is 0 Å². The lowest BCUT2D eigenvalue weighted by Crippen LogP contribution is -1.98. The molecular weight excluding hydrogens is 681 g/mol. The third-order valence-corrected chi connectivity index (χ3v) is 11.6. The van der Waals surface area contributed by atoms with Crippen molar-refractivity contribution in [3.63, 3.8) is 0 Å². The Morgan fingerprint density at radius 1 is 0.286 bits per heavy atom. The Kier molecular flexibility index (Phi) is 6.60. The van der Waals surface area contributed by atoms with Crippen molar-refractivity contribution < 1.29 is 0 Å². The largest absolute Gasteiger partial charge is 0.309 e. The first-order valence-corrected chi connectivity index (χ1v) is 19.1. The Morgan fingerprint density at radius 2 is 0.679 bits per heavy atom. The summed E-state index contributed by atoms with van der Waals surface area (Å²) in [7, 11) is 0. The average molecular weight is 713 g/mol. The van der Waals surface area contributed by atoms with Gasteiger partial charge in [-0.1, -0.05) is 133 Å². The summed E-state index contributed by atoms with van der Waals surface area (Å²) in [5, 5.41) is 9.37. The van der Waals surface area contributed by atoms with E-state index in [2.05, 4.69) is 191 Å². The van der Waals surface area contributed by atoms with Crippen LogP contribution in [0.3, 0.4) is 0 Å². The molecule has 0 spiro atoms. The van der Waals surface area contributed by atoms with E-state index in [-0.39, 0.29) is 0 Å². The highest BCUT2D eigenvalue weighted by Crippen LogP contribution is 2.44. The Hall–Kier alpha value is -7.56. The first kappa shape index (κ1) is 30.9. The van der Waals surface area contributed by atoms with Crippen LogP contribution in [0.15, 0.2) is 194 Å². The smallest absolute Gasteiger partial charge is 0.0972 e. The Bertz CT molecular complexity index is 3290. The van der Waals surface area contributed by atoms with Gasteiger partial charge < -0.3 is 9.13 Å². The van der Waals surface area contributed by atoms with Gasteiger partial charge in [0.25, 0.3) is 0 Å². The first-order chi connectivity index (χ1) is 27.8. The van der Waals surface area contributed by atoms with Crippen LogP contribution in [0.2, 0.25) is 0 Å². The standard InChI is InChI=1S/C52H32N4/c1-3-15-33(16-4-1)35-19-7-11-23-45(35)55-47-25-13-9-21-37(47)41-29-39-40-30-42-38-22-10-14-26-48(38)56(46-24-12-8-20-36(46)34-17-5-2-6-18-34)50(42)32-44(40)52-51(53-27-28-54-52)43(39)31-49(41)55/h1-32H. The van der Waals surface area contributed by atoms with E-state index in [4.69, 9.17) is 9.97 Å². The van der Waals surface area contributed by atoms with E-state index in [9.17, 15) is 0 Å². The number of para-hydroxylation sites is 4. The highest BCUT2D eigenvalue weighted by Gasteiger charge is 2.22. The molecule has 4 heteroatoms. The second-order valence-corrected chi connectivity index (χ2v) is 14.6. The summed E-state index contributed by atoms with van der Waals surface area (Å²) in [6.45, 7) is 0. The molecule has 12 aromatic rings. The molecule has 3 aromatic heterocycles. The molecular formula is C52H32N4. The molecule has 0 bridgehead atoms. The molecule has 0 amide bonds. The number of benzene rings is 9. The number of fused-ring (bicyclic) bond motifs is 12. The molecule has 0 atom stereocenters. The summed E-state index contributed by atoms with van der Waals surface area (Å²) in [6.07, 6.45) is 3.65. The van der Waals surface area contributed by atoms with Crippen LogP contribution in [-0.4, -0.2) is 19.1 Å². The fourth-order valence-corrected chi connectivity index (χ4v) is 9.18. The molecule has 0 unspecified atom stereocenters. The zero-order valence-corrected chi connectivity index (χ0v) is 30.3. The molecule has 0 fully saturated rings. The van der Waals surface area contributed by atoms with Crippen LogP contribution in [0.25, 0.3) is 110 Å². The lowest BCUT2D eigenvalue weighted by Gasteiger charge is -2.16. The summed E-state index contributed by atoms with van der Waals surface area (Å²) in [4.78, 5) is 10.1. The van der Waals surface area contributed by atoms with E-state index in [1.807, 2.05) is 12.4 Å². The molecule has 0 N–H and O–H groups in total. The van der Waals surface area contributed by atoms with Gasteiger partial charge in [-0.2, -0.15) is 0 Å². The quantitative estimate of drug-likeness (QED) is 0.170. The zero-order valence-electron chi connectivity index (χ0n) is 30.3. The maximum absolute atomic E-state index is 5.07. The van der Waals surface area contributed by atoms with Crippen molar-refractivity contribution in [3.05, 3.63) is 194 Å². The van der Waals surface area contributed by atoms with Gasteiger partial charge in [0.15, 0.2) is 0 Å². The number of hydrogen-bond acceptors (Lipinski definition) is 2. The second-order valence-electron chi connectivity index (χ2n) is 14.6. The van der Waals surface area contributed by atoms with Gasteiger partial charge in [0.2, 0.25) is 0 Å². The third-order valence-electron chi connectivity index (χ3n) is 11.6. The summed E-state index contributed by atoms with van der Waals surface area (Å²) in [6, 6.07) is 65.9. The highest BCUT2D eigenvalue weighted by molar-refractivity contribution is 6.30. The zero-order chi connectivity index (χ0) is 36.7. The van der Waals surface area contributed by atoms with Crippen molar-refractivity contribution in [2.75, 3.05) is 0 Å². The van der Waals surface area contributed by atoms with Crippen LogP contribution in [0, 0.1) is 0 Å². The van der Waals surface area contributed by atoms with E-state index in [0.717, 1.165) is 44.2 Å². The van der Waals surface area contributed by atoms with Gasteiger partial charge in [-0.25, -0.2) is 0 Å². The van der Waals surface area contributed by atoms with Crippen molar-refractivity contribution in [2.45, 2.75) is 0 Å². The average Bonchev–Trinajstić information content (AvgIpc) is 3.77. The fourth-order valence-electron chi connectivity index (χ4n) is 9.18. The molecule has 0 aliphatic carbocycles. The molecule has 3 heterocycles. The predicted molar refractivity (Wildman–Crippen MR) is 234 cm³/mol. The van der Waals surface area contributed by atoms with E-state index in [1.54, 1.807) is 0 Å². The molecule has 0 saturated carbocycles. The van der Waals surface area contributed by atoms with Gasteiger partial charge in [0.1, 0.15) is 0 Å². The summed E-state index contributed by atoms with van der Waals surface area (Å²) in [5.41, 5.74) is 13.5. The van der Waals surface area contributed by atoms with Crippen molar-refractivity contribution in [1.29, 1.82) is 0 Å². The van der Waals surface area contributed by atoms with E-state index in [0.29, 0.717) is 0 Å². The van der Waals surface area contributed by atoms with E-state index in [1.165, 1.54) is 65.6 Å². The molecule has 0 aliphatic rings. The van der Waals surface area contributed by atoms with Gasteiger partial charge in [-0.3, -0.25) is 9.97 Å². The van der Waals surface area contributed by atoms with Crippen LogP contribution < -0.4 is 0 Å². The molecule has 56 heavy (non-hydrogen) atoms. The molecule has 4 nitrogen and oxygen atoms in total. The Balaban J connectivity index is 1.21. The molecule has 0 radical (unpaired) electrons. The summed E-state index contributed by atoms with van der Waals surface area (Å²) in [5.74, 6) is 0. The fraction of sp³-hybridized carbons (Fsp3) is 0. The molecule has 9 aromatic carbocycles. The number of nitrogens with zero attached hydrogens (tertiary/aromatic N) is 4. The maximum atomic E-state index is 5.07. The predicted octanol–water partition coefficient (Wildman–Crippen LogP) is 13.5. The van der Waals surface area contributed by atoms with Crippen LogP contribution in [0.1, 0.15) is 0 Å². The highest BCUT2D eigenvalue weighted by atomic mass is 15.0. The Morgan fingerprint density at radius 3 is 1.14 bits per heavy atom. The summed E-state index contributed by atoms with van der Waals surface area (Å²) >= 11 is 0. The number of rotatable bonds is 4. The van der Waals surface area contributed by atoms with Gasteiger partial charge in [0, 0.05) is 55.8 Å². The van der Waals surface area contributed by atoms with E-state index < -0.39 is 0 Å². The minimum Gasteiger partial charge on any atom is -0.309 e. The number of hydrogen-bond donors (Lipinski definition) is 0. The molecule has 260 valence electrons. The van der Waals surface area contributed by atoms with Gasteiger partial charge in [0.05, 0.1) is 44.5 Å². The van der Waals surface area contributed by atoms with Crippen molar-refractivity contribution in [3.8, 4) is 33.6 Å². The van der Waals surface area contributed by atoms with Gasteiger partial charge in [-0.15, -0.1) is 0 Å². The lowest BCUT2D eigenvalue weighted by molar-refractivity contribution is 1.18. The minimum atomic E-state index is 0.900. The minimum absolute atomic E-state index is 0.900. The SMILES string of the molecule is c1ccc(-c2ccccc2-n2c3ccccc3c3cc4c5cc6c7ccccc7n(-c7ccccc7-c7ccccc7)c6cc5c5nccnc5c4cc32)cc1. The van der Waals surface area contributed by atoms with Crippen LogP contribution >= 0.6 is 0 Å². The van der Waals surface area contributed by atoms with Crippen molar-refractivity contribution in [1.82, 2.24) is 19.1 Å². The number of aromatic nitrogens is 4. The normalized spacial score (nSPS) is 11.9. The Labute approximate surface area is 322 Å². The topological polar surface area (TPSA) is 35.6 Å². The molecule has 0 aliphatic heterocycles. The maximum Gasteiger partial charge on any atom is 0.0972 e. The van der Waals surface area contributed by atoms with Gasteiger partial charge >= 0.3 is 0 Å². The van der Waals surface area contributed by atoms with Crippen LogP contribution in [0.4, 0.5) is 0 Å². The van der Waals surface area contributed by atoms with Crippen molar-refractivity contribution in [2.24, 2.45) is 0 Å². The van der Waals surface area contributed by atoms with E-state index >= 15 is 0 Å². The third kappa shape index (κ3) is 4.41. The van der Waals surface area contributed by atoms with Gasteiger partial charge in [-0.05, 0) is 70.4 Å². The summed E-state index contributed by atoms with van der Waals surface area (Å²) < 4.78 is 4.86. The molecule has 12 rings (SSSR count). The molecule has 0 saturated heterocycles.